The summed E-state index contributed by atoms with van der Waals surface area (Å²) in [5.41, 5.74) is -0.976. The summed E-state index contributed by atoms with van der Waals surface area (Å²) < 4.78 is 5.83. The van der Waals surface area contributed by atoms with Gasteiger partial charge in [0.15, 0.2) is 11.4 Å². The van der Waals surface area contributed by atoms with Crippen molar-refractivity contribution in [1.29, 1.82) is 0 Å². The Balaban J connectivity index is 1.24. The highest BCUT2D eigenvalue weighted by Gasteiger charge is 2.76. The topological polar surface area (TPSA) is 84.0 Å². The fourth-order valence-corrected chi connectivity index (χ4v) is 6.71. The Morgan fingerprint density at radius 2 is 1.38 bits per heavy atom. The smallest absolute Gasteiger partial charge is 0.313 e. The number of nitrogens with zero attached hydrogens (tertiary/aromatic N) is 2. The maximum absolute atomic E-state index is 13.7. The van der Waals surface area contributed by atoms with Crippen LogP contribution >= 0.6 is 0 Å². The van der Waals surface area contributed by atoms with Gasteiger partial charge < -0.3 is 14.5 Å². The van der Waals surface area contributed by atoms with Crippen LogP contribution in [0.25, 0.3) is 0 Å². The second-order valence-corrected chi connectivity index (χ2v) is 11.6. The van der Waals surface area contributed by atoms with Crippen LogP contribution in [0.2, 0.25) is 0 Å². The molecule has 182 valence electrons. The molecule has 2 amide bonds. The second-order valence-electron chi connectivity index (χ2n) is 11.6. The van der Waals surface area contributed by atoms with Crippen LogP contribution in [0, 0.1) is 16.2 Å². The van der Waals surface area contributed by atoms with E-state index >= 15 is 0 Å². The lowest BCUT2D eigenvalue weighted by molar-refractivity contribution is -0.173. The lowest BCUT2D eigenvalue weighted by Crippen LogP contribution is -2.55. The Labute approximate surface area is 200 Å². The highest BCUT2D eigenvalue weighted by atomic mass is 16.6. The Morgan fingerprint density at radius 3 is 1.88 bits per heavy atom. The number of hydrogen-bond acceptors (Lipinski definition) is 5. The summed E-state index contributed by atoms with van der Waals surface area (Å²) in [5.74, 6) is -0.307. The van der Waals surface area contributed by atoms with Crippen LogP contribution in [0.4, 0.5) is 0 Å². The molecular formula is C27H34N2O5. The first-order chi connectivity index (χ1) is 15.9. The zero-order chi connectivity index (χ0) is 24.5. The minimum absolute atomic E-state index is 0.0101. The van der Waals surface area contributed by atoms with E-state index in [1.54, 1.807) is 24.3 Å². The van der Waals surface area contributed by atoms with Crippen molar-refractivity contribution in [3.8, 4) is 0 Å². The molecule has 1 spiro atoms. The summed E-state index contributed by atoms with van der Waals surface area (Å²) in [4.78, 5) is 54.6. The van der Waals surface area contributed by atoms with Crippen LogP contribution in [0.5, 0.6) is 0 Å². The molecule has 1 aromatic rings. The minimum Gasteiger partial charge on any atom is -0.448 e. The number of carbonyl (C=O) groups is 4. The Kier molecular flexibility index (Phi) is 5.02. The summed E-state index contributed by atoms with van der Waals surface area (Å²) in [7, 11) is 0. The van der Waals surface area contributed by atoms with E-state index in [9.17, 15) is 19.2 Å². The van der Waals surface area contributed by atoms with E-state index in [0.29, 0.717) is 50.1 Å². The van der Waals surface area contributed by atoms with Gasteiger partial charge in [-0.25, -0.2) is 0 Å². The molecule has 3 heterocycles. The number of Topliss-reactive ketones (excluding diaryl/α,β-unsaturated/α-hetero) is 1. The van der Waals surface area contributed by atoms with E-state index < -0.39 is 16.4 Å². The third-order valence-electron chi connectivity index (χ3n) is 9.80. The first kappa shape index (κ1) is 23.1. The molecule has 2 bridgehead atoms. The Hall–Kier alpha value is -2.70. The number of likely N-dealkylation sites (tertiary alicyclic amines) is 2. The molecule has 1 saturated carbocycles. The molecule has 34 heavy (non-hydrogen) atoms. The molecule has 7 nitrogen and oxygen atoms in total. The number of hydrogen-bond donors (Lipinski definition) is 0. The monoisotopic (exact) mass is 466 g/mol. The predicted molar refractivity (Wildman–Crippen MR) is 125 cm³/mol. The van der Waals surface area contributed by atoms with E-state index in [4.69, 9.17) is 4.74 Å². The van der Waals surface area contributed by atoms with Crippen LogP contribution in [-0.2, 0) is 14.3 Å². The van der Waals surface area contributed by atoms with Gasteiger partial charge >= 0.3 is 5.97 Å². The van der Waals surface area contributed by atoms with Crippen LogP contribution in [0.3, 0.4) is 0 Å². The van der Waals surface area contributed by atoms with Crippen molar-refractivity contribution < 1.29 is 23.9 Å². The van der Waals surface area contributed by atoms with Gasteiger partial charge in [-0.1, -0.05) is 26.0 Å². The molecule has 5 rings (SSSR count). The molecule has 1 aliphatic carbocycles. The van der Waals surface area contributed by atoms with Gasteiger partial charge in [0.1, 0.15) is 0 Å². The number of carbonyl (C=O) groups excluding carboxylic acids is 4. The fraction of sp³-hybridized carbons (Fsp3) is 0.630. The maximum Gasteiger partial charge on any atom is 0.313 e. The lowest BCUT2D eigenvalue weighted by atomic mass is 9.66. The molecule has 1 aromatic carbocycles. The number of esters is 1. The van der Waals surface area contributed by atoms with Crippen LogP contribution in [-0.4, -0.2) is 65.1 Å². The van der Waals surface area contributed by atoms with Crippen LogP contribution in [0.15, 0.2) is 24.3 Å². The van der Waals surface area contributed by atoms with Gasteiger partial charge in [0.05, 0.1) is 5.41 Å². The first-order valence-electron chi connectivity index (χ1n) is 12.4. The second kappa shape index (κ2) is 7.40. The molecular weight excluding hydrogens is 432 g/mol. The van der Waals surface area contributed by atoms with E-state index in [0.717, 1.165) is 19.3 Å². The van der Waals surface area contributed by atoms with E-state index in [1.165, 1.54) is 6.92 Å². The molecule has 4 aliphatic rings. The summed E-state index contributed by atoms with van der Waals surface area (Å²) >= 11 is 0. The molecule has 0 N–H and O–H groups in total. The third-order valence-corrected chi connectivity index (χ3v) is 9.80. The molecule has 3 aliphatic heterocycles. The Bertz CT molecular complexity index is 1070. The van der Waals surface area contributed by atoms with Gasteiger partial charge in [-0.2, -0.15) is 0 Å². The minimum atomic E-state index is -1.05. The van der Waals surface area contributed by atoms with Crippen molar-refractivity contribution in [3.05, 3.63) is 35.4 Å². The highest BCUT2D eigenvalue weighted by molar-refractivity contribution is 5.98. The third kappa shape index (κ3) is 3.01. The van der Waals surface area contributed by atoms with Crippen LogP contribution in [0.1, 0.15) is 80.5 Å². The van der Waals surface area contributed by atoms with Crippen molar-refractivity contribution in [2.45, 2.75) is 65.4 Å². The molecule has 2 unspecified atom stereocenters. The molecule has 4 fully saturated rings. The maximum atomic E-state index is 13.7. The van der Waals surface area contributed by atoms with Gasteiger partial charge in [0.25, 0.3) is 11.8 Å². The van der Waals surface area contributed by atoms with Gasteiger partial charge in [0, 0.05) is 42.7 Å². The summed E-state index contributed by atoms with van der Waals surface area (Å²) in [6.07, 6.45) is 3.89. The summed E-state index contributed by atoms with van der Waals surface area (Å²) in [5, 5.41) is 0. The normalized spacial score (nSPS) is 31.1. The molecule has 7 heteroatoms. The fourth-order valence-electron chi connectivity index (χ4n) is 6.71. The standard InChI is InChI=1S/C27H34N2O5/c1-18(30)19-5-7-20(8-6-19)21(31)28-14-11-26(12-15-28)13-16-29(17-26)22(32)27-10-9-25(4,23(33)34-27)24(27,2)3/h5-8H,9-17H2,1-4H3. The van der Waals surface area contributed by atoms with E-state index in [2.05, 4.69) is 0 Å². The molecule has 2 atom stereocenters. The van der Waals surface area contributed by atoms with Crippen molar-refractivity contribution in [2.75, 3.05) is 26.2 Å². The largest absolute Gasteiger partial charge is 0.448 e. The number of ether oxygens (including phenoxy) is 1. The Morgan fingerprint density at radius 1 is 0.824 bits per heavy atom. The van der Waals surface area contributed by atoms with Gasteiger partial charge in [-0.05, 0) is 63.5 Å². The SMILES string of the molecule is CC(=O)c1ccc(C(=O)N2CCC3(CC2)CCN(C(=O)C24CCC(C)(C(=O)O2)C4(C)C)C3)cc1. The molecule has 0 aromatic heterocycles. The highest BCUT2D eigenvalue weighted by Crippen LogP contribution is 2.66. The number of fused-ring (bicyclic) bond motifs is 2. The predicted octanol–water partition coefficient (Wildman–Crippen LogP) is 3.47. The zero-order valence-electron chi connectivity index (χ0n) is 20.6. The number of rotatable bonds is 3. The quantitative estimate of drug-likeness (QED) is 0.503. The molecule has 0 radical (unpaired) electrons. The average Bonchev–Trinajstić information content (AvgIpc) is 3.36. The van der Waals surface area contributed by atoms with Gasteiger partial charge in [-0.15, -0.1) is 0 Å². The number of amides is 2. The van der Waals surface area contributed by atoms with Crippen molar-refractivity contribution in [2.24, 2.45) is 16.2 Å². The summed E-state index contributed by atoms with van der Waals surface area (Å²) in [6, 6.07) is 6.84. The molecule has 3 saturated heterocycles. The van der Waals surface area contributed by atoms with Gasteiger partial charge in [0.2, 0.25) is 0 Å². The van der Waals surface area contributed by atoms with E-state index in [1.807, 2.05) is 30.6 Å². The number of piperidine rings is 1. The van der Waals surface area contributed by atoms with Crippen molar-refractivity contribution in [1.82, 2.24) is 9.80 Å². The van der Waals surface area contributed by atoms with Crippen molar-refractivity contribution in [3.63, 3.8) is 0 Å². The van der Waals surface area contributed by atoms with E-state index in [-0.39, 0.29) is 29.0 Å². The number of benzene rings is 1. The van der Waals surface area contributed by atoms with Crippen LogP contribution < -0.4 is 0 Å². The lowest BCUT2D eigenvalue weighted by Gasteiger charge is -2.41. The first-order valence-corrected chi connectivity index (χ1v) is 12.4. The van der Waals surface area contributed by atoms with Crippen molar-refractivity contribution >= 4 is 23.6 Å². The van der Waals surface area contributed by atoms with Gasteiger partial charge in [-0.3, -0.25) is 19.2 Å². The number of ketones is 1. The summed E-state index contributed by atoms with van der Waals surface area (Å²) in [6.45, 7) is 10.1. The average molecular weight is 467 g/mol. The zero-order valence-corrected chi connectivity index (χ0v) is 20.6.